The van der Waals surface area contributed by atoms with Gasteiger partial charge in [0.2, 0.25) is 0 Å². The first-order chi connectivity index (χ1) is 12.3. The largest absolute Gasteiger partial charge is 0.457 e. The van der Waals surface area contributed by atoms with Gasteiger partial charge in [-0.3, -0.25) is 4.90 Å². The quantitative estimate of drug-likeness (QED) is 0.790. The van der Waals surface area contributed by atoms with Gasteiger partial charge in [-0.25, -0.2) is 0 Å². The third kappa shape index (κ3) is 3.40. The summed E-state index contributed by atoms with van der Waals surface area (Å²) in [6, 6.07) is 17.5. The molecule has 3 aromatic rings. The molecule has 25 heavy (non-hydrogen) atoms. The molecule has 0 amide bonds. The number of likely N-dealkylation sites (N-methyl/N-ethyl adjacent to an activating group) is 1. The minimum atomic E-state index is 0.119. The van der Waals surface area contributed by atoms with Crippen LogP contribution in [0.1, 0.15) is 11.9 Å². The van der Waals surface area contributed by atoms with E-state index in [1.165, 1.54) is 0 Å². The zero-order chi connectivity index (χ0) is 17.1. The van der Waals surface area contributed by atoms with E-state index in [1.54, 1.807) is 0 Å². The van der Waals surface area contributed by atoms with Crippen molar-refractivity contribution in [1.82, 2.24) is 20.4 Å². The maximum Gasteiger partial charge on any atom is 0.261 e. The molecule has 2 heterocycles. The molecule has 1 saturated heterocycles. The average molecular weight is 336 g/mol. The average Bonchev–Trinajstić information content (AvgIpc) is 3.13. The van der Waals surface area contributed by atoms with E-state index in [0.29, 0.717) is 17.5 Å². The van der Waals surface area contributed by atoms with Crippen LogP contribution in [0.15, 0.2) is 59.1 Å². The number of ether oxygens (including phenoxy) is 1. The maximum atomic E-state index is 5.99. The van der Waals surface area contributed by atoms with E-state index < -0.39 is 0 Å². The van der Waals surface area contributed by atoms with Crippen molar-refractivity contribution in [3.05, 3.63) is 60.4 Å². The van der Waals surface area contributed by atoms with Crippen molar-refractivity contribution in [2.75, 3.05) is 26.7 Å². The Balaban J connectivity index is 1.62. The highest BCUT2D eigenvalue weighted by molar-refractivity contribution is 5.63. The summed E-state index contributed by atoms with van der Waals surface area (Å²) in [5, 5.41) is 7.56. The van der Waals surface area contributed by atoms with E-state index in [-0.39, 0.29) is 6.04 Å². The predicted octanol–water partition coefficient (Wildman–Crippen LogP) is 3.11. The minimum Gasteiger partial charge on any atom is -0.457 e. The standard InChI is InChI=1S/C19H20N4O2/c1-23-12-11-20-13-16(23)18-21-19(25-22-18)15-9-5-6-10-17(15)24-14-7-3-2-4-8-14/h2-10,16,20H,11-13H2,1H3. The summed E-state index contributed by atoms with van der Waals surface area (Å²) in [5.74, 6) is 2.63. The van der Waals surface area contributed by atoms with Crippen LogP contribution in [0.25, 0.3) is 11.5 Å². The first-order valence-electron chi connectivity index (χ1n) is 8.38. The first kappa shape index (κ1) is 15.8. The van der Waals surface area contributed by atoms with Crippen LogP contribution in [0.4, 0.5) is 0 Å². The number of hydrogen-bond donors (Lipinski definition) is 1. The van der Waals surface area contributed by atoms with E-state index in [9.17, 15) is 0 Å². The van der Waals surface area contributed by atoms with Crippen molar-refractivity contribution in [2.45, 2.75) is 6.04 Å². The summed E-state index contributed by atoms with van der Waals surface area (Å²) in [6.07, 6.45) is 0. The van der Waals surface area contributed by atoms with Crippen LogP contribution in [0, 0.1) is 0 Å². The summed E-state index contributed by atoms with van der Waals surface area (Å²) in [5.41, 5.74) is 0.788. The highest BCUT2D eigenvalue weighted by Gasteiger charge is 2.26. The van der Waals surface area contributed by atoms with Gasteiger partial charge in [0, 0.05) is 19.6 Å². The Kier molecular flexibility index (Phi) is 4.45. The number of nitrogens with zero attached hydrogens (tertiary/aromatic N) is 3. The summed E-state index contributed by atoms with van der Waals surface area (Å²) < 4.78 is 11.5. The van der Waals surface area contributed by atoms with E-state index in [2.05, 4.69) is 27.4 Å². The second-order valence-corrected chi connectivity index (χ2v) is 6.07. The Morgan fingerprint density at radius 3 is 2.76 bits per heavy atom. The monoisotopic (exact) mass is 336 g/mol. The van der Waals surface area contributed by atoms with Crippen LogP contribution >= 0.6 is 0 Å². The molecule has 2 aromatic carbocycles. The molecule has 1 atom stereocenters. The van der Waals surface area contributed by atoms with Gasteiger partial charge in [-0.15, -0.1) is 0 Å². The molecule has 0 radical (unpaired) electrons. The summed E-state index contributed by atoms with van der Waals surface area (Å²) in [4.78, 5) is 6.85. The molecule has 1 aliphatic rings. The van der Waals surface area contributed by atoms with E-state index in [4.69, 9.17) is 9.26 Å². The number of benzene rings is 2. The number of aromatic nitrogens is 2. The second-order valence-electron chi connectivity index (χ2n) is 6.07. The lowest BCUT2D eigenvalue weighted by Gasteiger charge is -2.30. The molecule has 1 fully saturated rings. The SMILES string of the molecule is CN1CCNCC1c1noc(-c2ccccc2Oc2ccccc2)n1. The van der Waals surface area contributed by atoms with Crippen molar-refractivity contribution >= 4 is 0 Å². The van der Waals surface area contributed by atoms with E-state index >= 15 is 0 Å². The zero-order valence-electron chi connectivity index (χ0n) is 14.1. The number of para-hydroxylation sites is 2. The van der Waals surface area contributed by atoms with Crippen molar-refractivity contribution in [1.29, 1.82) is 0 Å². The molecule has 0 bridgehead atoms. The summed E-state index contributed by atoms with van der Waals surface area (Å²) in [7, 11) is 2.08. The molecule has 6 nitrogen and oxygen atoms in total. The van der Waals surface area contributed by atoms with Crippen LogP contribution in [-0.4, -0.2) is 41.7 Å². The molecule has 0 aliphatic carbocycles. The van der Waals surface area contributed by atoms with Gasteiger partial charge >= 0.3 is 0 Å². The van der Waals surface area contributed by atoms with Gasteiger partial charge in [0.05, 0.1) is 11.6 Å². The van der Waals surface area contributed by atoms with Crippen molar-refractivity contribution in [2.24, 2.45) is 0 Å². The molecular weight excluding hydrogens is 316 g/mol. The van der Waals surface area contributed by atoms with Gasteiger partial charge < -0.3 is 14.6 Å². The number of nitrogens with one attached hydrogen (secondary N) is 1. The van der Waals surface area contributed by atoms with Crippen LogP contribution in [0.3, 0.4) is 0 Å². The normalized spacial score (nSPS) is 18.2. The summed E-state index contributed by atoms with van der Waals surface area (Å²) >= 11 is 0. The van der Waals surface area contributed by atoms with E-state index in [0.717, 1.165) is 30.9 Å². The molecule has 1 aromatic heterocycles. The Hall–Kier alpha value is -2.70. The van der Waals surface area contributed by atoms with Crippen LogP contribution in [0.5, 0.6) is 11.5 Å². The highest BCUT2D eigenvalue weighted by Crippen LogP contribution is 2.33. The van der Waals surface area contributed by atoms with Gasteiger partial charge in [-0.05, 0) is 31.3 Å². The molecular formula is C19H20N4O2. The zero-order valence-corrected chi connectivity index (χ0v) is 14.1. The topological polar surface area (TPSA) is 63.4 Å². The fraction of sp³-hybridized carbons (Fsp3) is 0.263. The Morgan fingerprint density at radius 1 is 1.12 bits per heavy atom. The van der Waals surface area contributed by atoms with Gasteiger partial charge in [0.15, 0.2) is 5.82 Å². The lowest BCUT2D eigenvalue weighted by Crippen LogP contribution is -2.44. The van der Waals surface area contributed by atoms with Crippen molar-refractivity contribution in [3.8, 4) is 23.0 Å². The first-order valence-corrected chi connectivity index (χ1v) is 8.38. The maximum absolute atomic E-state index is 5.99. The highest BCUT2D eigenvalue weighted by atomic mass is 16.5. The number of rotatable bonds is 4. The molecule has 1 N–H and O–H groups in total. The van der Waals surface area contributed by atoms with Crippen molar-refractivity contribution in [3.63, 3.8) is 0 Å². The van der Waals surface area contributed by atoms with Gasteiger partial charge in [0.1, 0.15) is 11.5 Å². The van der Waals surface area contributed by atoms with Crippen LogP contribution < -0.4 is 10.1 Å². The minimum absolute atomic E-state index is 0.119. The van der Waals surface area contributed by atoms with Crippen molar-refractivity contribution < 1.29 is 9.26 Å². The lowest BCUT2D eigenvalue weighted by molar-refractivity contribution is 0.190. The van der Waals surface area contributed by atoms with E-state index in [1.807, 2.05) is 54.6 Å². The van der Waals surface area contributed by atoms with Gasteiger partial charge in [-0.2, -0.15) is 4.98 Å². The fourth-order valence-electron chi connectivity index (χ4n) is 2.92. The molecule has 1 aliphatic heterocycles. The van der Waals surface area contributed by atoms with Gasteiger partial charge in [0.25, 0.3) is 5.89 Å². The molecule has 128 valence electrons. The second kappa shape index (κ2) is 7.04. The molecule has 6 heteroatoms. The smallest absolute Gasteiger partial charge is 0.261 e. The molecule has 1 unspecified atom stereocenters. The Morgan fingerprint density at radius 2 is 1.92 bits per heavy atom. The molecule has 4 rings (SSSR count). The fourth-order valence-corrected chi connectivity index (χ4v) is 2.92. The molecule has 0 spiro atoms. The van der Waals surface area contributed by atoms with Crippen LogP contribution in [0.2, 0.25) is 0 Å². The Labute approximate surface area is 146 Å². The number of piperazine rings is 1. The summed E-state index contributed by atoms with van der Waals surface area (Å²) in [6.45, 7) is 2.76. The lowest BCUT2D eigenvalue weighted by atomic mass is 10.2. The van der Waals surface area contributed by atoms with Crippen LogP contribution in [-0.2, 0) is 0 Å². The Bertz CT molecular complexity index is 834. The third-order valence-electron chi connectivity index (χ3n) is 4.34. The molecule has 0 saturated carbocycles. The predicted molar refractivity (Wildman–Crippen MR) is 94.5 cm³/mol. The van der Waals surface area contributed by atoms with Gasteiger partial charge in [-0.1, -0.05) is 35.5 Å². The third-order valence-corrected chi connectivity index (χ3v) is 4.34. The number of hydrogen-bond acceptors (Lipinski definition) is 6.